The molecule has 0 radical (unpaired) electrons. The number of Topliss-reactive ketones (excluding diaryl/α,β-unsaturated/α-hetero) is 1. The molecule has 1 heterocycles. The molecule has 0 aliphatic carbocycles. The maximum absolute atomic E-state index is 12.7. The SMILES string of the molecule is Cc1ccc(S(=O)(=O)OS2(CC(=O)C(C)(C)C)CCCCC2)cc1. The van der Waals surface area contributed by atoms with Crippen molar-refractivity contribution in [2.45, 2.75) is 51.9 Å². The smallest absolute Gasteiger partial charge is 0.298 e. The monoisotopic (exact) mass is 372 g/mol. The van der Waals surface area contributed by atoms with Gasteiger partial charge in [-0.2, -0.15) is 8.42 Å². The first-order valence-corrected chi connectivity index (χ1v) is 11.8. The number of benzene rings is 1. The molecule has 0 N–H and O–H groups in total. The normalized spacial score (nSPS) is 19.7. The van der Waals surface area contributed by atoms with Gasteiger partial charge in [-0.15, -0.1) is 10.3 Å². The van der Waals surface area contributed by atoms with Crippen LogP contribution in [0.4, 0.5) is 0 Å². The number of rotatable bonds is 5. The molecule has 0 unspecified atom stereocenters. The first kappa shape index (κ1) is 19.5. The van der Waals surface area contributed by atoms with Crippen LogP contribution in [0.15, 0.2) is 29.2 Å². The number of carbonyl (C=O) groups is 1. The van der Waals surface area contributed by atoms with E-state index in [1.165, 1.54) is 0 Å². The van der Waals surface area contributed by atoms with Crippen molar-refractivity contribution in [3.63, 3.8) is 0 Å². The fourth-order valence-corrected chi connectivity index (χ4v) is 8.54. The van der Waals surface area contributed by atoms with Crippen molar-refractivity contribution in [1.29, 1.82) is 0 Å². The van der Waals surface area contributed by atoms with Crippen molar-refractivity contribution in [3.05, 3.63) is 29.8 Å². The summed E-state index contributed by atoms with van der Waals surface area (Å²) in [5.41, 5.74) is 0.519. The molecule has 136 valence electrons. The van der Waals surface area contributed by atoms with Crippen LogP contribution in [0.2, 0.25) is 0 Å². The molecule has 0 bridgehead atoms. The molecular formula is C18H28O4S2. The van der Waals surface area contributed by atoms with Gasteiger partial charge >= 0.3 is 10.1 Å². The van der Waals surface area contributed by atoms with Crippen LogP contribution in [0.25, 0.3) is 0 Å². The van der Waals surface area contributed by atoms with Gasteiger partial charge in [0.05, 0.1) is 10.6 Å². The molecule has 1 aliphatic rings. The molecular weight excluding hydrogens is 344 g/mol. The highest BCUT2D eigenvalue weighted by atomic mass is 32.3. The number of hydrogen-bond donors (Lipinski definition) is 0. The zero-order valence-electron chi connectivity index (χ0n) is 15.0. The summed E-state index contributed by atoms with van der Waals surface area (Å²) in [5.74, 6) is 1.71. The third kappa shape index (κ3) is 4.83. The summed E-state index contributed by atoms with van der Waals surface area (Å²) in [6, 6.07) is 6.68. The van der Waals surface area contributed by atoms with Crippen molar-refractivity contribution >= 4 is 26.2 Å². The minimum atomic E-state index is -3.84. The quantitative estimate of drug-likeness (QED) is 0.776. The molecule has 1 aliphatic heterocycles. The second-order valence-corrected chi connectivity index (χ2v) is 12.5. The Bertz CT molecular complexity index is 679. The van der Waals surface area contributed by atoms with Crippen LogP contribution < -0.4 is 0 Å². The van der Waals surface area contributed by atoms with Gasteiger partial charge in [0, 0.05) is 16.9 Å². The van der Waals surface area contributed by atoms with E-state index in [0.717, 1.165) is 24.8 Å². The van der Waals surface area contributed by atoms with Gasteiger partial charge in [-0.1, -0.05) is 44.9 Å². The third-order valence-corrected chi connectivity index (χ3v) is 9.88. The summed E-state index contributed by atoms with van der Waals surface area (Å²) < 4.78 is 31.3. The largest absolute Gasteiger partial charge is 0.306 e. The lowest BCUT2D eigenvalue weighted by atomic mass is 9.92. The first-order chi connectivity index (χ1) is 11.0. The van der Waals surface area contributed by atoms with Crippen LogP contribution in [-0.4, -0.2) is 31.5 Å². The number of carbonyl (C=O) groups excluding carboxylic acids is 1. The molecule has 4 nitrogen and oxygen atoms in total. The Morgan fingerprint density at radius 1 is 1.08 bits per heavy atom. The predicted octanol–water partition coefficient (Wildman–Crippen LogP) is 4.22. The van der Waals surface area contributed by atoms with E-state index in [4.69, 9.17) is 3.63 Å². The van der Waals surface area contributed by atoms with Crippen molar-refractivity contribution in [3.8, 4) is 0 Å². The van der Waals surface area contributed by atoms with E-state index >= 15 is 0 Å². The minimum absolute atomic E-state index is 0.0820. The minimum Gasteiger partial charge on any atom is -0.298 e. The maximum atomic E-state index is 12.7. The Hall–Kier alpha value is -0.850. The standard InChI is InChI=1S/C18H28O4S2/c1-15-8-10-16(11-9-15)24(20,21)22-23(12-6-5-7-13-23)14-17(19)18(2,3)4/h8-11H,5-7,12-14H2,1-4H3. The summed E-state index contributed by atoms with van der Waals surface area (Å²) in [6.07, 6.45) is 2.93. The zero-order valence-corrected chi connectivity index (χ0v) is 16.6. The fourth-order valence-electron chi connectivity index (χ4n) is 2.64. The number of hydrogen-bond acceptors (Lipinski definition) is 4. The molecule has 0 atom stereocenters. The van der Waals surface area contributed by atoms with Crippen LogP contribution in [-0.2, 0) is 18.5 Å². The Balaban J connectivity index is 2.28. The van der Waals surface area contributed by atoms with Crippen molar-refractivity contribution in [1.82, 2.24) is 0 Å². The lowest BCUT2D eigenvalue weighted by molar-refractivity contribution is -0.123. The Kier molecular flexibility index (Phi) is 5.83. The highest BCUT2D eigenvalue weighted by molar-refractivity contribution is 8.33. The van der Waals surface area contributed by atoms with E-state index in [2.05, 4.69) is 0 Å². The molecule has 0 spiro atoms. The Morgan fingerprint density at radius 3 is 2.12 bits per heavy atom. The van der Waals surface area contributed by atoms with Gasteiger partial charge in [-0.05, 0) is 31.9 Å². The third-order valence-electron chi connectivity index (χ3n) is 4.31. The molecule has 24 heavy (non-hydrogen) atoms. The van der Waals surface area contributed by atoms with Gasteiger partial charge in [-0.25, -0.2) is 3.63 Å². The summed E-state index contributed by atoms with van der Waals surface area (Å²) in [5, 5.41) is 0. The molecule has 0 aromatic heterocycles. The van der Waals surface area contributed by atoms with E-state index in [9.17, 15) is 13.2 Å². The lowest BCUT2D eigenvalue weighted by Gasteiger charge is -2.42. The molecule has 1 aromatic carbocycles. The fraction of sp³-hybridized carbons (Fsp3) is 0.611. The van der Waals surface area contributed by atoms with Crippen LogP contribution in [0.1, 0.15) is 45.6 Å². The van der Waals surface area contributed by atoms with E-state index in [-0.39, 0.29) is 16.4 Å². The lowest BCUT2D eigenvalue weighted by Crippen LogP contribution is -2.32. The van der Waals surface area contributed by atoms with E-state index in [1.54, 1.807) is 24.3 Å². The molecule has 2 rings (SSSR count). The summed E-state index contributed by atoms with van der Waals surface area (Å²) in [4.78, 5) is 12.7. The number of aryl methyl sites for hydroxylation is 1. The summed E-state index contributed by atoms with van der Waals surface area (Å²) >= 11 is 0. The summed E-state index contributed by atoms with van der Waals surface area (Å²) in [7, 11) is -5.77. The molecule has 1 aromatic rings. The topological polar surface area (TPSA) is 60.4 Å². The van der Waals surface area contributed by atoms with Gasteiger partial charge in [0.1, 0.15) is 5.78 Å². The highest BCUT2D eigenvalue weighted by Gasteiger charge is 2.38. The Labute approximate surface area is 147 Å². The van der Waals surface area contributed by atoms with E-state index < -0.39 is 25.8 Å². The predicted molar refractivity (Wildman–Crippen MR) is 100.0 cm³/mol. The first-order valence-electron chi connectivity index (χ1n) is 8.37. The van der Waals surface area contributed by atoms with E-state index in [1.807, 2.05) is 27.7 Å². The van der Waals surface area contributed by atoms with Crippen molar-refractivity contribution < 1.29 is 16.8 Å². The second kappa shape index (κ2) is 7.18. The maximum Gasteiger partial charge on any atom is 0.306 e. The molecule has 1 saturated heterocycles. The average Bonchev–Trinajstić information content (AvgIpc) is 2.46. The Morgan fingerprint density at radius 2 is 1.62 bits per heavy atom. The second-order valence-electron chi connectivity index (χ2n) is 7.59. The van der Waals surface area contributed by atoms with Gasteiger partial charge < -0.3 is 0 Å². The van der Waals surface area contributed by atoms with Crippen LogP contribution in [0.3, 0.4) is 0 Å². The van der Waals surface area contributed by atoms with Crippen molar-refractivity contribution in [2.75, 3.05) is 17.3 Å². The van der Waals surface area contributed by atoms with E-state index in [0.29, 0.717) is 11.5 Å². The van der Waals surface area contributed by atoms with Gasteiger partial charge in [0.25, 0.3) is 0 Å². The molecule has 0 amide bonds. The molecule has 6 heteroatoms. The number of ketones is 1. The van der Waals surface area contributed by atoms with Gasteiger partial charge in [0.2, 0.25) is 0 Å². The van der Waals surface area contributed by atoms with Crippen LogP contribution >= 0.6 is 10.3 Å². The zero-order chi connectivity index (χ0) is 18.0. The average molecular weight is 373 g/mol. The summed E-state index contributed by atoms with van der Waals surface area (Å²) in [6.45, 7) is 7.53. The van der Waals surface area contributed by atoms with Gasteiger partial charge in [0.15, 0.2) is 0 Å². The van der Waals surface area contributed by atoms with Crippen LogP contribution in [0.5, 0.6) is 0 Å². The van der Waals surface area contributed by atoms with Crippen molar-refractivity contribution in [2.24, 2.45) is 5.41 Å². The van der Waals surface area contributed by atoms with Gasteiger partial charge in [-0.3, -0.25) is 4.79 Å². The van der Waals surface area contributed by atoms with Crippen LogP contribution in [0, 0.1) is 12.3 Å². The highest BCUT2D eigenvalue weighted by Crippen LogP contribution is 2.56. The molecule has 0 saturated carbocycles. The molecule has 1 fully saturated rings.